The number of allylic oxidation sites excluding steroid dienone is 1. The Balaban J connectivity index is 1.94. The van der Waals surface area contributed by atoms with Crippen LogP contribution in [0.2, 0.25) is 5.02 Å². The minimum Gasteiger partial charge on any atom is -0.465 e. The second-order valence-corrected chi connectivity index (χ2v) is 7.33. The number of ether oxygens (including phenoxy) is 1. The monoisotopic (exact) mass is 374 g/mol. The van der Waals surface area contributed by atoms with Crippen molar-refractivity contribution in [3.05, 3.63) is 40.4 Å². The maximum absolute atomic E-state index is 12.4. The van der Waals surface area contributed by atoms with E-state index >= 15 is 0 Å². The third-order valence-electron chi connectivity index (χ3n) is 5.02. The Morgan fingerprint density at radius 1 is 1.19 bits per heavy atom. The van der Waals surface area contributed by atoms with Crippen LogP contribution in [0, 0.1) is 5.92 Å². The molecule has 0 amide bonds. The van der Waals surface area contributed by atoms with E-state index in [1.807, 2.05) is 12.1 Å². The Morgan fingerprint density at radius 3 is 2.42 bits per heavy atom. The zero-order valence-corrected chi connectivity index (χ0v) is 15.9. The van der Waals surface area contributed by atoms with E-state index in [2.05, 4.69) is 26.8 Å². The van der Waals surface area contributed by atoms with Gasteiger partial charge in [-0.25, -0.2) is 4.79 Å². The SMILES string of the molecule is COC(=O)/C(=C/C1CCCCCC1)c1ccc(C2(C)N=NN=N2)c(Cl)c1. The van der Waals surface area contributed by atoms with Gasteiger partial charge in [0.25, 0.3) is 0 Å². The third kappa shape index (κ3) is 4.01. The van der Waals surface area contributed by atoms with Crippen molar-refractivity contribution in [1.29, 1.82) is 0 Å². The molecule has 0 atom stereocenters. The van der Waals surface area contributed by atoms with Gasteiger partial charge in [0.15, 0.2) is 0 Å². The van der Waals surface area contributed by atoms with Gasteiger partial charge in [0.2, 0.25) is 5.66 Å². The second-order valence-electron chi connectivity index (χ2n) is 6.92. The lowest BCUT2D eigenvalue weighted by Crippen LogP contribution is -2.14. The van der Waals surface area contributed by atoms with Crippen molar-refractivity contribution in [1.82, 2.24) is 0 Å². The van der Waals surface area contributed by atoms with Crippen molar-refractivity contribution in [2.24, 2.45) is 26.6 Å². The average molecular weight is 375 g/mol. The molecule has 1 heterocycles. The number of rotatable bonds is 4. The van der Waals surface area contributed by atoms with Crippen LogP contribution in [0.25, 0.3) is 5.57 Å². The number of esters is 1. The van der Waals surface area contributed by atoms with E-state index in [9.17, 15) is 4.79 Å². The summed E-state index contributed by atoms with van der Waals surface area (Å²) in [6.07, 6.45) is 9.18. The van der Waals surface area contributed by atoms with Crippen LogP contribution >= 0.6 is 11.6 Å². The van der Waals surface area contributed by atoms with Gasteiger partial charge in [-0.1, -0.05) is 55.5 Å². The standard InChI is InChI=1S/C19H23ClN4O2/c1-19(21-23-24-22-19)16-10-9-14(12-17(16)20)15(18(25)26-2)11-13-7-5-3-4-6-8-13/h9-13H,3-8H2,1-2H3/b15-11+. The summed E-state index contributed by atoms with van der Waals surface area (Å²) in [5, 5.41) is 15.7. The molecule has 1 aliphatic heterocycles. The number of hydrogen-bond acceptors (Lipinski definition) is 6. The zero-order valence-electron chi connectivity index (χ0n) is 15.1. The van der Waals surface area contributed by atoms with Crippen molar-refractivity contribution in [2.75, 3.05) is 7.11 Å². The number of methoxy groups -OCH3 is 1. The lowest BCUT2D eigenvalue weighted by atomic mass is 9.93. The van der Waals surface area contributed by atoms with Gasteiger partial charge in [-0.3, -0.25) is 0 Å². The summed E-state index contributed by atoms with van der Waals surface area (Å²) in [5.74, 6) is 0.0459. The van der Waals surface area contributed by atoms with Gasteiger partial charge in [0.1, 0.15) is 0 Å². The fourth-order valence-electron chi connectivity index (χ4n) is 3.51. The van der Waals surface area contributed by atoms with Gasteiger partial charge < -0.3 is 4.74 Å². The van der Waals surface area contributed by atoms with Gasteiger partial charge >= 0.3 is 5.97 Å². The summed E-state index contributed by atoms with van der Waals surface area (Å²) in [6.45, 7) is 1.79. The molecule has 0 unspecified atom stereocenters. The van der Waals surface area contributed by atoms with Crippen molar-refractivity contribution in [2.45, 2.75) is 51.1 Å². The highest BCUT2D eigenvalue weighted by Gasteiger charge is 2.32. The minimum atomic E-state index is -0.911. The predicted molar refractivity (Wildman–Crippen MR) is 99.7 cm³/mol. The molecular formula is C19H23ClN4O2. The van der Waals surface area contributed by atoms with Crippen LogP contribution in [0.15, 0.2) is 45.0 Å². The number of hydrogen-bond donors (Lipinski definition) is 0. The molecule has 138 valence electrons. The molecule has 0 radical (unpaired) electrons. The summed E-state index contributed by atoms with van der Waals surface area (Å²) in [5.41, 5.74) is 1.09. The first-order valence-corrected chi connectivity index (χ1v) is 9.36. The minimum absolute atomic E-state index is 0.343. The van der Waals surface area contributed by atoms with E-state index in [1.165, 1.54) is 32.8 Å². The van der Waals surface area contributed by atoms with Crippen LogP contribution in [-0.4, -0.2) is 13.1 Å². The molecule has 1 aromatic carbocycles. The number of carbonyl (C=O) groups is 1. The first kappa shape index (κ1) is 18.7. The van der Waals surface area contributed by atoms with E-state index in [4.69, 9.17) is 16.3 Å². The molecule has 0 N–H and O–H groups in total. The Morgan fingerprint density at radius 2 is 1.85 bits per heavy atom. The molecule has 2 aliphatic rings. The van der Waals surface area contributed by atoms with Crippen LogP contribution in [0.4, 0.5) is 0 Å². The molecule has 1 aromatic rings. The quantitative estimate of drug-likeness (QED) is 0.375. The Hall–Kier alpha value is -2.08. The molecule has 3 rings (SSSR count). The molecule has 0 spiro atoms. The smallest absolute Gasteiger partial charge is 0.338 e. The first-order valence-electron chi connectivity index (χ1n) is 8.98. The predicted octanol–water partition coefficient (Wildman–Crippen LogP) is 5.87. The Labute approximate surface area is 158 Å². The average Bonchev–Trinajstić information content (AvgIpc) is 2.92. The molecule has 0 saturated heterocycles. The Kier molecular flexibility index (Phi) is 5.81. The van der Waals surface area contributed by atoms with Crippen molar-refractivity contribution in [3.63, 3.8) is 0 Å². The fraction of sp³-hybridized carbons (Fsp3) is 0.526. The van der Waals surface area contributed by atoms with Crippen LogP contribution in [-0.2, 0) is 15.2 Å². The van der Waals surface area contributed by atoms with Crippen LogP contribution < -0.4 is 0 Å². The molecule has 0 aromatic heterocycles. The lowest BCUT2D eigenvalue weighted by Gasteiger charge is -2.17. The molecule has 1 aliphatic carbocycles. The second kappa shape index (κ2) is 8.08. The van der Waals surface area contributed by atoms with E-state index in [-0.39, 0.29) is 5.97 Å². The molecule has 6 nitrogen and oxygen atoms in total. The molecule has 7 heteroatoms. The van der Waals surface area contributed by atoms with Crippen LogP contribution in [0.3, 0.4) is 0 Å². The van der Waals surface area contributed by atoms with E-state index in [0.29, 0.717) is 22.1 Å². The van der Waals surface area contributed by atoms with Crippen LogP contribution in [0.1, 0.15) is 56.6 Å². The highest BCUT2D eigenvalue weighted by atomic mass is 35.5. The molecule has 26 heavy (non-hydrogen) atoms. The zero-order chi connectivity index (χ0) is 18.6. The van der Waals surface area contributed by atoms with Gasteiger partial charge in [0, 0.05) is 10.6 Å². The number of benzene rings is 1. The van der Waals surface area contributed by atoms with E-state index in [0.717, 1.165) is 18.4 Å². The molecule has 1 fully saturated rings. The summed E-state index contributed by atoms with van der Waals surface area (Å²) in [6, 6.07) is 5.45. The van der Waals surface area contributed by atoms with Crippen molar-refractivity contribution < 1.29 is 9.53 Å². The van der Waals surface area contributed by atoms with Crippen LogP contribution in [0.5, 0.6) is 0 Å². The van der Waals surface area contributed by atoms with Gasteiger partial charge in [-0.2, -0.15) is 0 Å². The van der Waals surface area contributed by atoms with Crippen molar-refractivity contribution >= 4 is 23.1 Å². The third-order valence-corrected chi connectivity index (χ3v) is 5.33. The summed E-state index contributed by atoms with van der Waals surface area (Å²) in [4.78, 5) is 12.4. The molecule has 0 bridgehead atoms. The molecular weight excluding hydrogens is 352 g/mol. The first-order chi connectivity index (χ1) is 12.5. The topological polar surface area (TPSA) is 75.7 Å². The number of nitrogens with zero attached hydrogens (tertiary/aromatic N) is 4. The lowest BCUT2D eigenvalue weighted by molar-refractivity contribution is -0.133. The maximum atomic E-state index is 12.4. The summed E-state index contributed by atoms with van der Waals surface area (Å²) in [7, 11) is 1.40. The van der Waals surface area contributed by atoms with Gasteiger partial charge in [0.05, 0.1) is 12.7 Å². The summed E-state index contributed by atoms with van der Waals surface area (Å²) >= 11 is 6.48. The highest BCUT2D eigenvalue weighted by molar-refractivity contribution is 6.32. The fourth-order valence-corrected chi connectivity index (χ4v) is 3.87. The Bertz CT molecular complexity index is 753. The van der Waals surface area contributed by atoms with Gasteiger partial charge in [-0.15, -0.1) is 10.2 Å². The van der Waals surface area contributed by atoms with E-state index < -0.39 is 5.66 Å². The highest BCUT2D eigenvalue weighted by Crippen LogP contribution is 2.38. The largest absolute Gasteiger partial charge is 0.465 e. The normalized spacial score (nSPS) is 20.2. The number of carbonyl (C=O) groups excluding carboxylic acids is 1. The maximum Gasteiger partial charge on any atom is 0.338 e. The number of halogens is 1. The van der Waals surface area contributed by atoms with Crippen molar-refractivity contribution in [3.8, 4) is 0 Å². The molecule has 1 saturated carbocycles. The summed E-state index contributed by atoms with van der Waals surface area (Å²) < 4.78 is 5.01. The van der Waals surface area contributed by atoms with Gasteiger partial charge in [-0.05, 0) is 47.8 Å². The van der Waals surface area contributed by atoms with E-state index in [1.54, 1.807) is 13.0 Å².